The van der Waals surface area contributed by atoms with E-state index < -0.39 is 10.1 Å². The molecule has 0 aromatic heterocycles. The van der Waals surface area contributed by atoms with Gasteiger partial charge >= 0.3 is 10.1 Å². The average Bonchev–Trinajstić information content (AvgIpc) is 2.40. The Labute approximate surface area is 131 Å². The van der Waals surface area contributed by atoms with E-state index in [1.54, 1.807) is 12.1 Å². The van der Waals surface area contributed by atoms with Crippen molar-refractivity contribution in [1.29, 1.82) is 0 Å². The summed E-state index contributed by atoms with van der Waals surface area (Å²) in [6.45, 7) is 0. The van der Waals surface area contributed by atoms with E-state index in [1.165, 1.54) is 0 Å². The van der Waals surface area contributed by atoms with Crippen molar-refractivity contribution in [2.75, 3.05) is 6.26 Å². The summed E-state index contributed by atoms with van der Waals surface area (Å²) in [6, 6.07) is 16.7. The van der Waals surface area contributed by atoms with Crippen LogP contribution in [-0.2, 0) is 16.5 Å². The minimum absolute atomic E-state index is 0. The number of halogens is 1. The highest BCUT2D eigenvalue weighted by atomic mass is 35.5. The van der Waals surface area contributed by atoms with E-state index in [1.807, 2.05) is 42.5 Å². The van der Waals surface area contributed by atoms with Gasteiger partial charge in [-0.25, -0.2) is 0 Å². The van der Waals surface area contributed by atoms with E-state index in [0.717, 1.165) is 17.4 Å². The molecule has 0 aliphatic carbocycles. The van der Waals surface area contributed by atoms with Crippen LogP contribution in [0.25, 0.3) is 0 Å². The molecule has 2 aromatic carbocycles. The summed E-state index contributed by atoms with van der Waals surface area (Å²) in [5, 5.41) is 0. The summed E-state index contributed by atoms with van der Waals surface area (Å²) in [5.74, 6) is 0.310. The zero-order valence-corrected chi connectivity index (χ0v) is 13.2. The lowest BCUT2D eigenvalue weighted by Crippen LogP contribution is -2.13. The molecule has 0 heterocycles. The van der Waals surface area contributed by atoms with Crippen molar-refractivity contribution in [1.82, 2.24) is 0 Å². The van der Waals surface area contributed by atoms with E-state index in [2.05, 4.69) is 0 Å². The Balaban J connectivity index is 0.00000220. The zero-order valence-electron chi connectivity index (χ0n) is 11.6. The molecule has 0 saturated carbocycles. The molecular weight excluding hydrogens is 310 g/mol. The highest BCUT2D eigenvalue weighted by Crippen LogP contribution is 2.19. The number of hydrogen-bond donors (Lipinski definition) is 1. The van der Waals surface area contributed by atoms with Gasteiger partial charge in [0.05, 0.1) is 6.26 Å². The lowest BCUT2D eigenvalue weighted by atomic mass is 10.00. The zero-order chi connectivity index (χ0) is 14.6. The Morgan fingerprint density at radius 2 is 1.62 bits per heavy atom. The quantitative estimate of drug-likeness (QED) is 0.857. The van der Waals surface area contributed by atoms with Gasteiger partial charge in [0.15, 0.2) is 0 Å². The largest absolute Gasteiger partial charge is 0.383 e. The van der Waals surface area contributed by atoms with Crippen LogP contribution in [0.5, 0.6) is 5.75 Å². The lowest BCUT2D eigenvalue weighted by molar-refractivity contribution is 0.493. The second-order valence-electron chi connectivity index (χ2n) is 4.65. The standard InChI is InChI=1S/C15H17NO3S.ClH/c1-20(17,18)19-14-9-7-12(8-10-14)11-15(16)13-5-3-2-4-6-13;/h2-10,15H,11,16H2,1H3;1H. The van der Waals surface area contributed by atoms with Gasteiger partial charge in [0.1, 0.15) is 5.75 Å². The molecule has 2 N–H and O–H groups in total. The summed E-state index contributed by atoms with van der Waals surface area (Å²) in [7, 11) is -3.48. The van der Waals surface area contributed by atoms with Crippen LogP contribution in [0.3, 0.4) is 0 Å². The monoisotopic (exact) mass is 327 g/mol. The molecule has 0 bridgehead atoms. The first-order valence-electron chi connectivity index (χ1n) is 6.23. The second-order valence-corrected chi connectivity index (χ2v) is 6.23. The second kappa shape index (κ2) is 7.45. The highest BCUT2D eigenvalue weighted by Gasteiger charge is 2.08. The van der Waals surface area contributed by atoms with Gasteiger partial charge in [-0.15, -0.1) is 12.4 Å². The molecule has 0 amide bonds. The Morgan fingerprint density at radius 1 is 1.05 bits per heavy atom. The Morgan fingerprint density at radius 3 is 2.14 bits per heavy atom. The molecule has 0 aliphatic heterocycles. The normalized spacial score (nSPS) is 12.3. The first-order chi connectivity index (χ1) is 9.44. The van der Waals surface area contributed by atoms with E-state index in [-0.39, 0.29) is 18.4 Å². The van der Waals surface area contributed by atoms with E-state index >= 15 is 0 Å². The van der Waals surface area contributed by atoms with Crippen molar-refractivity contribution >= 4 is 22.5 Å². The Kier molecular flexibility index (Phi) is 6.20. The van der Waals surface area contributed by atoms with E-state index in [9.17, 15) is 8.42 Å². The van der Waals surface area contributed by atoms with Crippen molar-refractivity contribution in [2.45, 2.75) is 12.5 Å². The molecule has 0 aliphatic rings. The molecule has 0 spiro atoms. The van der Waals surface area contributed by atoms with E-state index in [4.69, 9.17) is 9.92 Å². The topological polar surface area (TPSA) is 69.4 Å². The molecule has 114 valence electrons. The predicted molar refractivity (Wildman–Crippen MR) is 86.2 cm³/mol. The van der Waals surface area contributed by atoms with Gasteiger partial charge in [-0.3, -0.25) is 0 Å². The summed E-state index contributed by atoms with van der Waals surface area (Å²) >= 11 is 0. The first-order valence-corrected chi connectivity index (χ1v) is 8.04. The van der Waals surface area contributed by atoms with Crippen LogP contribution in [0.1, 0.15) is 17.2 Å². The minimum atomic E-state index is -3.48. The summed E-state index contributed by atoms with van der Waals surface area (Å²) in [5.41, 5.74) is 8.24. The fourth-order valence-corrected chi connectivity index (χ4v) is 2.39. The van der Waals surface area contributed by atoms with Crippen LogP contribution >= 0.6 is 12.4 Å². The van der Waals surface area contributed by atoms with Crippen molar-refractivity contribution in [2.24, 2.45) is 5.73 Å². The van der Waals surface area contributed by atoms with Crippen LogP contribution < -0.4 is 9.92 Å². The molecule has 0 radical (unpaired) electrons. The van der Waals surface area contributed by atoms with Gasteiger partial charge in [0.25, 0.3) is 0 Å². The van der Waals surface area contributed by atoms with Gasteiger partial charge < -0.3 is 9.92 Å². The molecule has 21 heavy (non-hydrogen) atoms. The van der Waals surface area contributed by atoms with E-state index in [0.29, 0.717) is 12.2 Å². The molecule has 1 atom stereocenters. The average molecular weight is 328 g/mol. The lowest BCUT2D eigenvalue weighted by Gasteiger charge is -2.12. The molecular formula is C15H18ClNO3S. The molecule has 4 nitrogen and oxygen atoms in total. The highest BCUT2D eigenvalue weighted by molar-refractivity contribution is 7.86. The Bertz CT molecular complexity index is 657. The van der Waals surface area contributed by atoms with Crippen LogP contribution in [0.2, 0.25) is 0 Å². The maximum Gasteiger partial charge on any atom is 0.306 e. The fraction of sp³-hybridized carbons (Fsp3) is 0.200. The number of benzene rings is 2. The third kappa shape index (κ3) is 5.75. The van der Waals surface area contributed by atoms with Crippen LogP contribution in [0.15, 0.2) is 54.6 Å². The Hall–Kier alpha value is -1.56. The van der Waals surface area contributed by atoms with Crippen molar-refractivity contribution in [3.8, 4) is 5.75 Å². The third-order valence-corrected chi connectivity index (χ3v) is 3.35. The molecule has 0 fully saturated rings. The van der Waals surface area contributed by atoms with Crippen LogP contribution in [0.4, 0.5) is 0 Å². The van der Waals surface area contributed by atoms with Gasteiger partial charge in [-0.05, 0) is 29.7 Å². The fourth-order valence-electron chi connectivity index (χ4n) is 1.93. The smallest absolute Gasteiger partial charge is 0.306 e. The van der Waals surface area contributed by atoms with Crippen LogP contribution in [0, 0.1) is 0 Å². The predicted octanol–water partition coefficient (Wildman–Crippen LogP) is 2.69. The van der Waals surface area contributed by atoms with Gasteiger partial charge in [0.2, 0.25) is 0 Å². The van der Waals surface area contributed by atoms with Gasteiger partial charge in [0, 0.05) is 6.04 Å². The summed E-state index contributed by atoms with van der Waals surface area (Å²) in [4.78, 5) is 0. The maximum absolute atomic E-state index is 11.0. The minimum Gasteiger partial charge on any atom is -0.383 e. The molecule has 6 heteroatoms. The maximum atomic E-state index is 11.0. The number of hydrogen-bond acceptors (Lipinski definition) is 4. The van der Waals surface area contributed by atoms with Gasteiger partial charge in [-0.2, -0.15) is 8.42 Å². The first kappa shape index (κ1) is 17.5. The van der Waals surface area contributed by atoms with Gasteiger partial charge in [-0.1, -0.05) is 42.5 Å². The SMILES string of the molecule is CS(=O)(=O)Oc1ccc(CC(N)c2ccccc2)cc1.Cl. The summed E-state index contributed by atoms with van der Waals surface area (Å²) < 4.78 is 26.8. The van der Waals surface area contributed by atoms with Crippen LogP contribution in [-0.4, -0.2) is 14.7 Å². The number of nitrogens with two attached hydrogens (primary N) is 1. The molecule has 2 rings (SSSR count). The number of rotatable bonds is 5. The van der Waals surface area contributed by atoms with Crippen molar-refractivity contribution in [3.63, 3.8) is 0 Å². The van der Waals surface area contributed by atoms with Crippen molar-refractivity contribution < 1.29 is 12.6 Å². The molecule has 2 aromatic rings. The molecule has 1 unspecified atom stereocenters. The summed E-state index contributed by atoms with van der Waals surface area (Å²) in [6.07, 6.45) is 1.70. The molecule has 0 saturated heterocycles. The van der Waals surface area contributed by atoms with Crippen molar-refractivity contribution in [3.05, 3.63) is 65.7 Å². The third-order valence-electron chi connectivity index (χ3n) is 2.85.